The molecule has 0 aliphatic carbocycles. The number of nitrogens with zero attached hydrogens (tertiary/aromatic N) is 4. The van der Waals surface area contributed by atoms with Gasteiger partial charge in [0, 0.05) is 49.5 Å². The fourth-order valence-electron chi connectivity index (χ4n) is 8.64. The zero-order chi connectivity index (χ0) is 47.5. The lowest BCUT2D eigenvalue weighted by atomic mass is 9.63. The van der Waals surface area contributed by atoms with Crippen molar-refractivity contribution >= 4 is 0 Å². The van der Waals surface area contributed by atoms with Gasteiger partial charge in [-0.3, -0.25) is 27.9 Å². The van der Waals surface area contributed by atoms with Gasteiger partial charge in [-0.05, 0) is 117 Å². The molecule has 2 saturated heterocycles. The lowest BCUT2D eigenvalue weighted by Gasteiger charge is -2.42. The van der Waals surface area contributed by atoms with Crippen LogP contribution < -0.4 is 22.5 Å². The third-order valence-electron chi connectivity index (χ3n) is 14.0. The molecule has 4 N–H and O–H groups in total. The normalized spacial score (nSPS) is 22.8. The fourth-order valence-corrected chi connectivity index (χ4v) is 8.64. The van der Waals surface area contributed by atoms with Crippen LogP contribution in [0.4, 0.5) is 0 Å². The summed E-state index contributed by atoms with van der Waals surface area (Å²) in [6.07, 6.45) is 16.9. The van der Waals surface area contributed by atoms with Crippen LogP contribution in [-0.2, 0) is 22.6 Å². The summed E-state index contributed by atoms with van der Waals surface area (Å²) in [4.78, 5) is 52.3. The lowest BCUT2D eigenvalue weighted by Crippen LogP contribution is -2.42. The van der Waals surface area contributed by atoms with E-state index in [1.807, 2.05) is 26.0 Å². The van der Waals surface area contributed by atoms with Crippen LogP contribution in [0.15, 0.2) is 78.2 Å². The van der Waals surface area contributed by atoms with E-state index in [1.54, 1.807) is 13.8 Å². The van der Waals surface area contributed by atoms with Crippen molar-refractivity contribution in [1.29, 1.82) is 0 Å². The van der Waals surface area contributed by atoms with E-state index in [1.165, 1.54) is 41.8 Å². The molecule has 0 spiro atoms. The number of aryl methyl sites for hydroxylation is 2. The highest BCUT2D eigenvalue weighted by atomic mass is 16.5. The average Bonchev–Trinajstić information content (AvgIpc) is 3.80. The topological polar surface area (TPSA) is 187 Å². The molecule has 0 radical (unpaired) electrons. The Labute approximate surface area is 379 Å². The molecule has 4 heterocycles. The Morgan fingerprint density at radius 2 is 0.953 bits per heavy atom. The SMILES string of the molecule is C/C(=C\Cn1c(=O)c(C)cn([C@H]2C[C@@H](O)[C@@H](CO)O2)c1=O)CC/C=C(\C)CCCC(C)(C)C(C)(C)CCC/C(C)=C/CC/C(C)=C/Cn1c(=O)c(C)cn([C@H]2C[C@@H](O)[C@@H](CO)O2)c1=O. The number of aliphatic hydroxyl groups is 4. The highest BCUT2D eigenvalue weighted by Crippen LogP contribution is 2.46. The second-order valence-electron chi connectivity index (χ2n) is 19.8. The van der Waals surface area contributed by atoms with Crippen LogP contribution in [0.5, 0.6) is 0 Å². The Morgan fingerprint density at radius 1 is 0.609 bits per heavy atom. The molecule has 358 valence electrons. The van der Waals surface area contributed by atoms with Gasteiger partial charge in [0.25, 0.3) is 11.1 Å². The summed E-state index contributed by atoms with van der Waals surface area (Å²) in [6, 6.07) is 0. The molecule has 14 nitrogen and oxygen atoms in total. The maximum atomic E-state index is 13.3. The molecular formula is C50H78N4O10. The number of ether oxygens (including phenoxy) is 2. The first-order chi connectivity index (χ1) is 30.1. The minimum atomic E-state index is -0.882. The second-order valence-corrected chi connectivity index (χ2v) is 19.8. The average molecular weight is 895 g/mol. The quantitative estimate of drug-likeness (QED) is 0.0878. The number of hydrogen-bond donors (Lipinski definition) is 4. The molecule has 2 fully saturated rings. The Bertz CT molecular complexity index is 2100. The number of rotatable bonds is 23. The fraction of sp³-hybridized carbons (Fsp3) is 0.680. The van der Waals surface area contributed by atoms with Crippen LogP contribution in [0.1, 0.15) is 156 Å². The highest BCUT2D eigenvalue weighted by molar-refractivity contribution is 5.10. The van der Waals surface area contributed by atoms with Crippen molar-refractivity contribution in [3.8, 4) is 0 Å². The van der Waals surface area contributed by atoms with E-state index in [9.17, 15) is 39.6 Å². The molecule has 2 aliphatic heterocycles. The molecule has 0 unspecified atom stereocenters. The van der Waals surface area contributed by atoms with Gasteiger partial charge >= 0.3 is 11.4 Å². The van der Waals surface area contributed by atoms with E-state index in [0.717, 1.165) is 75.4 Å². The summed E-state index contributed by atoms with van der Waals surface area (Å²) in [5.41, 5.74) is 4.37. The predicted octanol–water partition coefficient (Wildman–Crippen LogP) is 6.67. The Morgan fingerprint density at radius 3 is 1.28 bits per heavy atom. The van der Waals surface area contributed by atoms with Crippen molar-refractivity contribution in [3.05, 3.63) is 112 Å². The predicted molar refractivity (Wildman–Crippen MR) is 251 cm³/mol. The Balaban J connectivity index is 1.18. The third-order valence-corrected chi connectivity index (χ3v) is 14.0. The minimum Gasteiger partial charge on any atom is -0.394 e. The largest absolute Gasteiger partial charge is 0.394 e. The third kappa shape index (κ3) is 13.8. The number of aliphatic hydroxyl groups excluding tert-OH is 4. The summed E-state index contributed by atoms with van der Waals surface area (Å²) in [5, 5.41) is 39.2. The van der Waals surface area contributed by atoms with Crippen LogP contribution in [-0.4, -0.2) is 76.3 Å². The smallest absolute Gasteiger partial charge is 0.333 e. The highest BCUT2D eigenvalue weighted by Gasteiger charge is 2.37. The van der Waals surface area contributed by atoms with E-state index >= 15 is 0 Å². The standard InChI is InChI=1S/C50H78N4O10/c1-33(15-11-17-35(3)21-25-51-45(59)37(5)29-53(47(51)61)43-27-39(57)41(31-55)63-43)19-13-23-49(7,8)50(9,10)24-14-20-34(2)16-12-18-36(4)22-26-52-46(60)38(6)30-54(48(52)62)44-28-40(58)42(32-56)64-44/h15-16,21-22,29-30,39-44,55-58H,11-14,17-20,23-28,31-32H2,1-10H3/b33-15+,34-16+,35-21+,36-22+/t39-,40-,41-,42-,43-,44-/m1/s1. The molecule has 2 aromatic rings. The summed E-state index contributed by atoms with van der Waals surface area (Å²) < 4.78 is 16.4. The number of aromatic nitrogens is 4. The molecule has 0 aromatic carbocycles. The maximum absolute atomic E-state index is 13.3. The van der Waals surface area contributed by atoms with Gasteiger partial charge in [0.05, 0.1) is 25.4 Å². The van der Waals surface area contributed by atoms with Gasteiger partial charge < -0.3 is 29.9 Å². The Kier molecular flexibility index (Phi) is 19.4. The summed E-state index contributed by atoms with van der Waals surface area (Å²) >= 11 is 0. The van der Waals surface area contributed by atoms with Crippen LogP contribution in [0.3, 0.4) is 0 Å². The van der Waals surface area contributed by atoms with E-state index in [4.69, 9.17) is 9.47 Å². The first-order valence-corrected chi connectivity index (χ1v) is 23.3. The summed E-state index contributed by atoms with van der Waals surface area (Å²) in [5.74, 6) is 0. The van der Waals surface area contributed by atoms with Crippen molar-refractivity contribution in [1.82, 2.24) is 18.3 Å². The van der Waals surface area contributed by atoms with Gasteiger partial charge in [0.1, 0.15) is 24.7 Å². The van der Waals surface area contributed by atoms with Gasteiger partial charge in [0.15, 0.2) is 0 Å². The van der Waals surface area contributed by atoms with Crippen molar-refractivity contribution in [2.45, 2.75) is 196 Å². The van der Waals surface area contributed by atoms with Gasteiger partial charge in [-0.15, -0.1) is 0 Å². The van der Waals surface area contributed by atoms with Crippen LogP contribution in [0, 0.1) is 24.7 Å². The van der Waals surface area contributed by atoms with Gasteiger partial charge in [0.2, 0.25) is 0 Å². The Hall–Kier alpha value is -3.92. The molecule has 4 rings (SSSR count). The van der Waals surface area contributed by atoms with Gasteiger partial charge in [-0.2, -0.15) is 0 Å². The van der Waals surface area contributed by atoms with Gasteiger partial charge in [-0.25, -0.2) is 9.59 Å². The van der Waals surface area contributed by atoms with E-state index in [-0.39, 0.29) is 61.1 Å². The molecule has 2 aromatic heterocycles. The number of hydrogen-bond acceptors (Lipinski definition) is 10. The monoisotopic (exact) mass is 895 g/mol. The molecular weight excluding hydrogens is 817 g/mol. The lowest BCUT2D eigenvalue weighted by molar-refractivity contribution is -0.0463. The maximum Gasteiger partial charge on any atom is 0.333 e. The van der Waals surface area contributed by atoms with Crippen molar-refractivity contribution in [2.75, 3.05) is 13.2 Å². The number of allylic oxidation sites excluding steroid dienone is 8. The zero-order valence-electron chi connectivity index (χ0n) is 40.3. The van der Waals surface area contributed by atoms with Gasteiger partial charge in [-0.1, -0.05) is 74.3 Å². The molecule has 6 atom stereocenters. The van der Waals surface area contributed by atoms with Crippen molar-refractivity contribution in [3.63, 3.8) is 0 Å². The first kappa shape index (κ1) is 52.7. The van der Waals surface area contributed by atoms with Crippen molar-refractivity contribution < 1.29 is 29.9 Å². The zero-order valence-corrected chi connectivity index (χ0v) is 40.3. The van der Waals surface area contributed by atoms with E-state index in [0.29, 0.717) is 11.1 Å². The molecule has 2 aliphatic rings. The van der Waals surface area contributed by atoms with Crippen LogP contribution in [0.25, 0.3) is 0 Å². The van der Waals surface area contributed by atoms with Crippen LogP contribution >= 0.6 is 0 Å². The molecule has 0 bridgehead atoms. The molecule has 0 saturated carbocycles. The summed E-state index contributed by atoms with van der Waals surface area (Å²) in [7, 11) is 0. The van der Waals surface area contributed by atoms with Crippen molar-refractivity contribution in [2.24, 2.45) is 10.8 Å². The summed E-state index contributed by atoms with van der Waals surface area (Å²) in [6.45, 7) is 20.9. The molecule has 14 heteroatoms. The molecule has 0 amide bonds. The van der Waals surface area contributed by atoms with E-state index < -0.39 is 48.3 Å². The molecule has 64 heavy (non-hydrogen) atoms. The minimum absolute atomic E-state index is 0.151. The van der Waals surface area contributed by atoms with Crippen LogP contribution in [0.2, 0.25) is 0 Å². The van der Waals surface area contributed by atoms with E-state index in [2.05, 4.69) is 53.7 Å². The first-order valence-electron chi connectivity index (χ1n) is 23.3. The second kappa shape index (κ2) is 23.5.